The van der Waals surface area contributed by atoms with Crippen molar-refractivity contribution in [2.75, 3.05) is 0 Å². The molecule has 0 aromatic rings. The molecule has 2 unspecified atom stereocenters. The van der Waals surface area contributed by atoms with Crippen LogP contribution in [0.1, 0.15) is 0 Å². The van der Waals surface area contributed by atoms with Crippen LogP contribution in [0, 0.1) is 0 Å². The number of nitrogens with one attached hydrogen (secondary N) is 2. The van der Waals surface area contributed by atoms with Crippen LogP contribution in [-0.2, 0) is 0 Å². The fourth-order valence-electron chi connectivity index (χ4n) is 4.53. The molecule has 0 saturated heterocycles. The first-order valence-corrected chi connectivity index (χ1v) is 10.2. The summed E-state index contributed by atoms with van der Waals surface area (Å²) < 4.78 is 0. The summed E-state index contributed by atoms with van der Waals surface area (Å²) >= 11 is 0. The fraction of sp³-hybridized carbons (Fsp3) is 0.0769. The summed E-state index contributed by atoms with van der Waals surface area (Å²) in [7, 11) is 0. The second kappa shape index (κ2) is 8.08. The van der Waals surface area contributed by atoms with Crippen molar-refractivity contribution in [3.8, 4) is 0 Å². The number of hydrogen-bond acceptors (Lipinski definition) is 6. The van der Waals surface area contributed by atoms with Crippen LogP contribution in [0.3, 0.4) is 0 Å². The molecule has 6 aliphatic rings. The van der Waals surface area contributed by atoms with Gasteiger partial charge in [0.25, 0.3) is 0 Å². The second-order valence-electron chi connectivity index (χ2n) is 7.98. The van der Waals surface area contributed by atoms with Crippen LogP contribution >= 0.6 is 0 Å². The number of aliphatic hydroxyl groups is 4. The third-order valence-corrected chi connectivity index (χ3v) is 6.01. The average molecular weight is 438 g/mol. The first-order chi connectivity index (χ1) is 15.4. The summed E-state index contributed by atoms with van der Waals surface area (Å²) in [5.74, 6) is 0.592. The third-order valence-electron chi connectivity index (χ3n) is 6.01. The molecule has 33 heavy (non-hydrogen) atoms. The maximum atomic E-state index is 9.62. The molecule has 2 atom stereocenters. The molecule has 2 spiro atoms. The summed E-state index contributed by atoms with van der Waals surface area (Å²) in [4.78, 5) is 0. The van der Waals surface area contributed by atoms with Gasteiger partial charge in [0.05, 0.1) is 0 Å². The topological polar surface area (TPSA) is 105 Å². The van der Waals surface area contributed by atoms with E-state index < -0.39 is 11.1 Å². The Bertz CT molecular complexity index is 1170. The molecule has 0 bridgehead atoms. The summed E-state index contributed by atoms with van der Waals surface area (Å²) in [6.45, 7) is 0. The first-order valence-electron chi connectivity index (χ1n) is 10.2. The molecule has 164 valence electrons. The molecular formula is C26H24BeN2O4. The Morgan fingerprint density at radius 1 is 0.485 bits per heavy atom. The Morgan fingerprint density at radius 3 is 1.30 bits per heavy atom. The average Bonchev–Trinajstić information content (AvgIpc) is 2.76. The molecule has 0 aromatic carbocycles. The van der Waals surface area contributed by atoms with E-state index in [0.717, 1.165) is 22.3 Å². The SMILES string of the molecule is OC1=CC23NC(O)=CC=C2C=CC=C3C=C1.OC1=CC23NC(O)=CC=C2C=CC=C3C=C1.[BeH2]. The zero-order chi connectivity index (χ0) is 22.3. The van der Waals surface area contributed by atoms with E-state index in [0.29, 0.717) is 0 Å². The fourth-order valence-corrected chi connectivity index (χ4v) is 4.53. The van der Waals surface area contributed by atoms with Crippen LogP contribution in [0.15, 0.2) is 143 Å². The van der Waals surface area contributed by atoms with Crippen molar-refractivity contribution in [3.63, 3.8) is 0 Å². The van der Waals surface area contributed by atoms with Gasteiger partial charge in [-0.15, -0.1) is 0 Å². The van der Waals surface area contributed by atoms with Crippen LogP contribution < -0.4 is 10.6 Å². The number of allylic oxidation sites excluding steroid dienone is 10. The van der Waals surface area contributed by atoms with Gasteiger partial charge in [-0.05, 0) is 58.7 Å². The van der Waals surface area contributed by atoms with Crippen LogP contribution in [0.2, 0.25) is 0 Å². The van der Waals surface area contributed by atoms with E-state index in [2.05, 4.69) is 10.6 Å². The monoisotopic (exact) mass is 437 g/mol. The van der Waals surface area contributed by atoms with Crippen LogP contribution in [-0.4, -0.2) is 41.6 Å². The Kier molecular flexibility index (Phi) is 5.40. The van der Waals surface area contributed by atoms with E-state index in [4.69, 9.17) is 0 Å². The van der Waals surface area contributed by atoms with E-state index in [9.17, 15) is 20.4 Å². The maximum absolute atomic E-state index is 9.62. The first kappa shape index (κ1) is 22.1. The van der Waals surface area contributed by atoms with Crippen molar-refractivity contribution < 1.29 is 20.4 Å². The quantitative estimate of drug-likeness (QED) is 0.325. The van der Waals surface area contributed by atoms with Crippen LogP contribution in [0.5, 0.6) is 0 Å². The predicted molar refractivity (Wildman–Crippen MR) is 132 cm³/mol. The molecule has 0 aromatic heterocycles. The van der Waals surface area contributed by atoms with E-state index in [1.807, 2.05) is 60.8 Å². The van der Waals surface area contributed by atoms with Crippen molar-refractivity contribution >= 4 is 10.1 Å². The molecule has 7 heteroatoms. The normalized spacial score (nSPS) is 29.3. The molecular weight excluding hydrogens is 413 g/mol. The van der Waals surface area contributed by atoms with Gasteiger partial charge in [-0.2, -0.15) is 0 Å². The Hall–Kier alpha value is -4.15. The van der Waals surface area contributed by atoms with Gasteiger partial charge in [-0.3, -0.25) is 0 Å². The second-order valence-corrected chi connectivity index (χ2v) is 7.98. The zero-order valence-electron chi connectivity index (χ0n) is 17.0. The van der Waals surface area contributed by atoms with Crippen LogP contribution in [0.4, 0.5) is 0 Å². The van der Waals surface area contributed by atoms with Gasteiger partial charge in [0.2, 0.25) is 0 Å². The number of aliphatic hydroxyl groups excluding tert-OH is 4. The van der Waals surface area contributed by atoms with E-state index in [1.165, 1.54) is 0 Å². The molecule has 2 aliphatic heterocycles. The molecule has 0 fully saturated rings. The summed E-state index contributed by atoms with van der Waals surface area (Å²) in [5.41, 5.74) is 2.76. The van der Waals surface area contributed by atoms with E-state index >= 15 is 0 Å². The Labute approximate surface area is 195 Å². The molecule has 2 heterocycles. The molecule has 4 aliphatic carbocycles. The molecule has 0 amide bonds. The molecule has 6 rings (SSSR count). The van der Waals surface area contributed by atoms with Gasteiger partial charge >= 0.3 is 10.1 Å². The van der Waals surface area contributed by atoms with Gasteiger partial charge in [0.1, 0.15) is 22.6 Å². The molecule has 6 N–H and O–H groups in total. The summed E-state index contributed by atoms with van der Waals surface area (Å²) in [5, 5.41) is 44.4. The van der Waals surface area contributed by atoms with Gasteiger partial charge < -0.3 is 31.1 Å². The van der Waals surface area contributed by atoms with Crippen molar-refractivity contribution in [3.05, 3.63) is 143 Å². The van der Waals surface area contributed by atoms with Crippen molar-refractivity contribution in [2.45, 2.75) is 11.1 Å². The Balaban J connectivity index is 0.000000152. The van der Waals surface area contributed by atoms with Crippen LogP contribution in [0.25, 0.3) is 0 Å². The molecule has 6 nitrogen and oxygen atoms in total. The summed E-state index contributed by atoms with van der Waals surface area (Å²) in [6, 6.07) is 0. The minimum absolute atomic E-state index is 0. The number of dihydropyridines is 2. The Morgan fingerprint density at radius 2 is 0.879 bits per heavy atom. The standard InChI is InChI=1S/2C13H11NO2.Be.2H/c2*15-11-6-4-9-2-1-3-10-5-7-12(16)14-13(9,10)8-11;;;/h2*1-8,14-16H;;;. The number of hydrogen-bond donors (Lipinski definition) is 6. The summed E-state index contributed by atoms with van der Waals surface area (Å²) in [6.07, 6.45) is 29.1. The van der Waals surface area contributed by atoms with Gasteiger partial charge in [-0.1, -0.05) is 60.8 Å². The van der Waals surface area contributed by atoms with Gasteiger partial charge in [0.15, 0.2) is 11.8 Å². The minimum atomic E-state index is -0.619. The van der Waals surface area contributed by atoms with Gasteiger partial charge in [-0.25, -0.2) is 0 Å². The predicted octanol–water partition coefficient (Wildman–Crippen LogP) is 3.41. The van der Waals surface area contributed by atoms with E-state index in [-0.39, 0.29) is 33.4 Å². The van der Waals surface area contributed by atoms with E-state index in [1.54, 1.807) is 36.5 Å². The van der Waals surface area contributed by atoms with Crippen molar-refractivity contribution in [1.82, 2.24) is 10.6 Å². The zero-order valence-corrected chi connectivity index (χ0v) is 17.0. The third kappa shape index (κ3) is 3.60. The molecule has 0 saturated carbocycles. The number of rotatable bonds is 0. The van der Waals surface area contributed by atoms with Crippen molar-refractivity contribution in [2.24, 2.45) is 0 Å². The van der Waals surface area contributed by atoms with Gasteiger partial charge in [0, 0.05) is 0 Å². The van der Waals surface area contributed by atoms with Crippen molar-refractivity contribution in [1.29, 1.82) is 0 Å². The molecule has 0 radical (unpaired) electrons.